The van der Waals surface area contributed by atoms with Crippen molar-refractivity contribution in [2.75, 3.05) is 13.2 Å². The molecule has 1 nitrogen and oxygen atoms in total. The molecular weight excluding hydrogens is 518 g/mol. The van der Waals surface area contributed by atoms with Crippen LogP contribution in [-0.4, -0.2) is 13.2 Å². The largest absolute Gasteiger partial charge is 0.381 e. The van der Waals surface area contributed by atoms with Gasteiger partial charge < -0.3 is 4.74 Å². The number of hydrogen-bond donors (Lipinski definition) is 0. The van der Waals surface area contributed by atoms with Crippen LogP contribution in [-0.2, 0) is 4.74 Å². The molecule has 2 heteroatoms. The van der Waals surface area contributed by atoms with E-state index in [0.717, 1.165) is 13.2 Å². The molecule has 3 aliphatic rings. The first kappa shape index (κ1) is 25.0. The second kappa shape index (κ2) is 15.1. The van der Waals surface area contributed by atoms with E-state index in [-0.39, 0.29) is 31.1 Å². The van der Waals surface area contributed by atoms with Crippen LogP contribution < -0.4 is 0 Å². The standard InChI is InChI=1S/C10H15.C8H8.C4H8O.U/c1-6-7(2)9(4)10(5)8(6)3;1-2-4-6-8-7-5-3-1;1-2-4-5-3-1;/h1-5H3;1-8H;1-4H2;. The molecule has 1 heterocycles. The van der Waals surface area contributed by atoms with Crippen LogP contribution in [0.3, 0.4) is 0 Å². The Bertz CT molecular complexity index is 201. The van der Waals surface area contributed by atoms with Gasteiger partial charge in [0, 0.05) is 44.3 Å². The zero-order valence-electron chi connectivity index (χ0n) is 15.9. The predicted octanol–water partition coefficient (Wildman–Crippen LogP) is 5.40. The van der Waals surface area contributed by atoms with E-state index < -0.39 is 0 Å². The molecule has 0 bridgehead atoms. The Labute approximate surface area is 176 Å². The van der Waals surface area contributed by atoms with Crippen LogP contribution in [0.2, 0.25) is 0 Å². The summed E-state index contributed by atoms with van der Waals surface area (Å²) in [5, 5.41) is 0. The molecule has 0 aromatic heterocycles. The fourth-order valence-electron chi connectivity index (χ4n) is 2.43. The maximum absolute atomic E-state index is 4.94. The Hall–Kier alpha value is 1.01. The number of hydrogen-bond acceptors (Lipinski definition) is 1. The summed E-state index contributed by atoms with van der Waals surface area (Å²) in [5.41, 5.74) is 0. The zero-order chi connectivity index (χ0) is 17.1. The first-order valence-electron chi connectivity index (χ1n) is 8.49. The van der Waals surface area contributed by atoms with Crippen molar-refractivity contribution >= 4 is 0 Å². The summed E-state index contributed by atoms with van der Waals surface area (Å²) in [6, 6.07) is 0. The van der Waals surface area contributed by atoms with Gasteiger partial charge in [-0.05, 0) is 93.8 Å². The van der Waals surface area contributed by atoms with Crippen molar-refractivity contribution in [3.8, 4) is 0 Å². The molecule has 0 aromatic rings. The molecule has 3 rings (SSSR count). The van der Waals surface area contributed by atoms with Gasteiger partial charge in [0.1, 0.15) is 0 Å². The van der Waals surface area contributed by atoms with E-state index in [4.69, 9.17) is 4.74 Å². The maximum Gasteiger partial charge on any atom is 0.0466 e. The Kier molecular flexibility index (Phi) is 15.7. The normalized spacial score (nSPS) is 24.9. The fraction of sp³-hybridized carbons (Fsp3) is 0.409. The number of rotatable bonds is 0. The van der Waals surface area contributed by atoms with Crippen molar-refractivity contribution < 1.29 is 35.9 Å². The minimum absolute atomic E-state index is 0. The van der Waals surface area contributed by atoms with Gasteiger partial charge in [0.2, 0.25) is 0 Å². The smallest absolute Gasteiger partial charge is 0.0466 e. The quantitative estimate of drug-likeness (QED) is 0.393. The topological polar surface area (TPSA) is 9.23 Å². The molecule has 0 spiro atoms. The second-order valence-electron chi connectivity index (χ2n) is 5.98. The van der Waals surface area contributed by atoms with Crippen LogP contribution >= 0.6 is 0 Å². The van der Waals surface area contributed by atoms with E-state index in [1.807, 2.05) is 51.4 Å². The van der Waals surface area contributed by atoms with Crippen molar-refractivity contribution in [3.05, 3.63) is 81.0 Å². The molecule has 0 N–H and O–H groups in total. The molecule has 13 radical (unpaired) electrons. The van der Waals surface area contributed by atoms with Gasteiger partial charge in [0.25, 0.3) is 0 Å². The van der Waals surface area contributed by atoms with Gasteiger partial charge in [-0.25, -0.2) is 0 Å². The molecule has 0 unspecified atom stereocenters. The maximum atomic E-state index is 4.94. The summed E-state index contributed by atoms with van der Waals surface area (Å²) in [6.45, 7) is 13.0. The molecule has 129 valence electrons. The third-order valence-corrected chi connectivity index (χ3v) is 4.53. The third-order valence-electron chi connectivity index (χ3n) is 4.53. The van der Waals surface area contributed by atoms with Crippen LogP contribution in [0.15, 0.2) is 0 Å². The van der Waals surface area contributed by atoms with E-state index in [9.17, 15) is 0 Å². The summed E-state index contributed by atoms with van der Waals surface area (Å²) < 4.78 is 4.94. The molecular formula is C22H31OU. The zero-order valence-corrected chi connectivity index (χ0v) is 20.0. The summed E-state index contributed by atoms with van der Waals surface area (Å²) in [7, 11) is 0. The van der Waals surface area contributed by atoms with Crippen LogP contribution in [0.4, 0.5) is 0 Å². The summed E-state index contributed by atoms with van der Waals surface area (Å²) in [6.07, 6.45) is 18.6. The Morgan fingerprint density at radius 2 is 0.708 bits per heavy atom. The van der Waals surface area contributed by atoms with Crippen molar-refractivity contribution in [2.24, 2.45) is 0 Å². The van der Waals surface area contributed by atoms with E-state index in [1.54, 1.807) is 0 Å². The van der Waals surface area contributed by atoms with E-state index in [2.05, 4.69) is 34.6 Å². The first-order valence-corrected chi connectivity index (χ1v) is 8.49. The molecule has 0 amide bonds. The second-order valence-corrected chi connectivity index (χ2v) is 5.98. The Morgan fingerprint density at radius 1 is 0.500 bits per heavy atom. The molecule has 1 aliphatic heterocycles. The SMILES string of the molecule is C1CCOC1.C[C]1[C](C)[C](C)[C](C)[C]1C.[CH]1[CH][CH][CH][CH][CH][CH][CH]1.[U]. The number of ether oxygens (including phenoxy) is 1. The minimum Gasteiger partial charge on any atom is -0.381 e. The summed E-state index contributed by atoms with van der Waals surface area (Å²) in [5.74, 6) is 7.34. The van der Waals surface area contributed by atoms with Crippen molar-refractivity contribution in [2.45, 2.75) is 47.5 Å². The molecule has 2 saturated carbocycles. The fourth-order valence-corrected chi connectivity index (χ4v) is 2.43. The van der Waals surface area contributed by atoms with Gasteiger partial charge in [-0.3, -0.25) is 0 Å². The Morgan fingerprint density at radius 3 is 0.833 bits per heavy atom. The van der Waals surface area contributed by atoms with Crippen molar-refractivity contribution in [1.29, 1.82) is 0 Å². The van der Waals surface area contributed by atoms with Gasteiger partial charge in [0.15, 0.2) is 0 Å². The third kappa shape index (κ3) is 9.64. The van der Waals surface area contributed by atoms with E-state index in [0.29, 0.717) is 0 Å². The van der Waals surface area contributed by atoms with Crippen LogP contribution in [0, 0.1) is 112 Å². The molecule has 3 fully saturated rings. The van der Waals surface area contributed by atoms with Gasteiger partial charge >= 0.3 is 0 Å². The van der Waals surface area contributed by atoms with Gasteiger partial charge in [0.05, 0.1) is 0 Å². The molecule has 0 atom stereocenters. The first-order chi connectivity index (χ1) is 11.1. The molecule has 0 aromatic carbocycles. The Balaban J connectivity index is 0.000000340. The summed E-state index contributed by atoms with van der Waals surface area (Å²) in [4.78, 5) is 0. The summed E-state index contributed by atoms with van der Waals surface area (Å²) >= 11 is 0. The molecule has 2 aliphatic carbocycles. The molecule has 1 saturated heterocycles. The monoisotopic (exact) mass is 549 g/mol. The average molecular weight is 550 g/mol. The van der Waals surface area contributed by atoms with Gasteiger partial charge in [-0.15, -0.1) is 0 Å². The van der Waals surface area contributed by atoms with Crippen LogP contribution in [0.5, 0.6) is 0 Å². The van der Waals surface area contributed by atoms with Gasteiger partial charge in [-0.2, -0.15) is 0 Å². The van der Waals surface area contributed by atoms with Gasteiger partial charge in [-0.1, -0.05) is 34.6 Å². The molecule has 24 heavy (non-hydrogen) atoms. The average Bonchev–Trinajstić information content (AvgIpc) is 3.15. The van der Waals surface area contributed by atoms with Crippen LogP contribution in [0.25, 0.3) is 0 Å². The predicted molar refractivity (Wildman–Crippen MR) is 99.0 cm³/mol. The van der Waals surface area contributed by atoms with Crippen LogP contribution in [0.1, 0.15) is 47.5 Å². The van der Waals surface area contributed by atoms with Crippen molar-refractivity contribution in [1.82, 2.24) is 0 Å². The van der Waals surface area contributed by atoms with Crippen molar-refractivity contribution in [3.63, 3.8) is 0 Å². The van der Waals surface area contributed by atoms with E-state index >= 15 is 0 Å². The minimum atomic E-state index is 0. The van der Waals surface area contributed by atoms with E-state index in [1.165, 1.54) is 42.4 Å².